The Hall–Kier alpha value is -0.593. The number of hydrogen-bond acceptors (Lipinski definition) is 3. The van der Waals surface area contributed by atoms with Gasteiger partial charge in [-0.2, -0.15) is 0 Å². The molecule has 0 bridgehead atoms. The van der Waals surface area contributed by atoms with Gasteiger partial charge < -0.3 is 20.2 Å². The first-order chi connectivity index (χ1) is 8.13. The van der Waals surface area contributed by atoms with Gasteiger partial charge in [0, 0.05) is 6.54 Å². The van der Waals surface area contributed by atoms with E-state index in [4.69, 9.17) is 9.53 Å². The highest BCUT2D eigenvalue weighted by Crippen LogP contribution is 2.37. The van der Waals surface area contributed by atoms with Crippen LogP contribution in [0.5, 0.6) is 0 Å². The number of carbonyl (C=O) groups is 1. The van der Waals surface area contributed by atoms with Crippen LogP contribution in [-0.2, 0) is 4.43 Å². The van der Waals surface area contributed by atoms with Gasteiger partial charge in [0.05, 0.1) is 12.1 Å². The predicted molar refractivity (Wildman–Crippen MR) is 74.5 cm³/mol. The third-order valence-corrected chi connectivity index (χ3v) is 8.49. The molecule has 0 spiro atoms. The van der Waals surface area contributed by atoms with Crippen LogP contribution in [0.15, 0.2) is 0 Å². The summed E-state index contributed by atoms with van der Waals surface area (Å²) in [6.07, 6.45) is -0.243. The van der Waals surface area contributed by atoms with Crippen LogP contribution in [-0.4, -0.2) is 44.8 Å². The molecule has 1 fully saturated rings. The molecule has 0 unspecified atom stereocenters. The molecule has 1 aliphatic rings. The second-order valence-electron chi connectivity index (χ2n) is 6.47. The predicted octanol–water partition coefficient (Wildman–Crippen LogP) is 2.01. The van der Waals surface area contributed by atoms with Gasteiger partial charge >= 0.3 is 6.09 Å². The van der Waals surface area contributed by atoms with Gasteiger partial charge in [-0.1, -0.05) is 20.8 Å². The minimum Gasteiger partial charge on any atom is -0.465 e. The minimum absolute atomic E-state index is 0.0595. The van der Waals surface area contributed by atoms with Crippen LogP contribution in [0.25, 0.3) is 0 Å². The Balaban J connectivity index is 2.70. The van der Waals surface area contributed by atoms with Gasteiger partial charge in [0.15, 0.2) is 8.32 Å². The Morgan fingerprint density at radius 1 is 1.44 bits per heavy atom. The molecule has 0 aromatic heterocycles. The standard InChI is InChI=1S/C12H26N2O3Si/c1-12(2,3)18(4,5)17-10-8-13-7-6-9(10)14-11(15)16/h9-10,13-14H,6-8H2,1-5H3,(H,15,16)/t9-,10-/m1/s1. The summed E-state index contributed by atoms with van der Waals surface area (Å²) in [5.74, 6) is 0. The number of carboxylic acid groups (broad SMARTS) is 1. The van der Waals surface area contributed by atoms with Gasteiger partial charge in [-0.25, -0.2) is 4.79 Å². The average molecular weight is 274 g/mol. The molecule has 0 aromatic carbocycles. The number of piperidine rings is 1. The quantitative estimate of drug-likeness (QED) is 0.689. The second kappa shape index (κ2) is 5.58. The van der Waals surface area contributed by atoms with E-state index in [2.05, 4.69) is 44.5 Å². The molecule has 1 saturated heterocycles. The van der Waals surface area contributed by atoms with E-state index in [0.29, 0.717) is 0 Å². The van der Waals surface area contributed by atoms with Crippen molar-refractivity contribution in [3.63, 3.8) is 0 Å². The van der Waals surface area contributed by atoms with Crippen molar-refractivity contribution >= 4 is 14.4 Å². The maximum atomic E-state index is 10.8. The van der Waals surface area contributed by atoms with Crippen LogP contribution < -0.4 is 10.6 Å². The summed E-state index contributed by atoms with van der Waals surface area (Å²) >= 11 is 0. The smallest absolute Gasteiger partial charge is 0.404 e. The van der Waals surface area contributed by atoms with Crippen molar-refractivity contribution in [1.82, 2.24) is 10.6 Å². The van der Waals surface area contributed by atoms with E-state index in [1.807, 2.05) is 0 Å². The highest BCUT2D eigenvalue weighted by Gasteiger charge is 2.41. The zero-order valence-corrected chi connectivity index (χ0v) is 13.0. The monoisotopic (exact) mass is 274 g/mol. The molecule has 1 rings (SSSR count). The van der Waals surface area contributed by atoms with E-state index < -0.39 is 14.4 Å². The third-order valence-electron chi connectivity index (χ3n) is 3.99. The van der Waals surface area contributed by atoms with E-state index in [1.54, 1.807) is 0 Å². The van der Waals surface area contributed by atoms with Gasteiger partial charge in [-0.3, -0.25) is 0 Å². The van der Waals surface area contributed by atoms with E-state index in [9.17, 15) is 4.79 Å². The summed E-state index contributed by atoms with van der Waals surface area (Å²) in [5.41, 5.74) is 0. The van der Waals surface area contributed by atoms with Gasteiger partial charge in [0.25, 0.3) is 0 Å². The minimum atomic E-state index is -1.86. The van der Waals surface area contributed by atoms with E-state index in [-0.39, 0.29) is 17.2 Å². The summed E-state index contributed by atoms with van der Waals surface area (Å²) in [6.45, 7) is 12.5. The summed E-state index contributed by atoms with van der Waals surface area (Å²) in [4.78, 5) is 10.8. The summed E-state index contributed by atoms with van der Waals surface area (Å²) in [7, 11) is -1.86. The van der Waals surface area contributed by atoms with E-state index >= 15 is 0 Å². The molecule has 0 saturated carbocycles. The van der Waals surface area contributed by atoms with Crippen LogP contribution in [0.4, 0.5) is 4.79 Å². The zero-order chi connectivity index (χ0) is 14.0. The fraction of sp³-hybridized carbons (Fsp3) is 0.917. The van der Waals surface area contributed by atoms with Crippen molar-refractivity contribution in [3.05, 3.63) is 0 Å². The van der Waals surface area contributed by atoms with Crippen LogP contribution >= 0.6 is 0 Å². The number of rotatable bonds is 3. The van der Waals surface area contributed by atoms with Crippen molar-refractivity contribution in [3.8, 4) is 0 Å². The topological polar surface area (TPSA) is 70.6 Å². The highest BCUT2D eigenvalue weighted by atomic mass is 28.4. The number of amides is 1. The first-order valence-corrected chi connectivity index (χ1v) is 9.42. The molecule has 1 heterocycles. The molecule has 106 valence electrons. The molecule has 5 nitrogen and oxygen atoms in total. The van der Waals surface area contributed by atoms with Gasteiger partial charge in [-0.05, 0) is 31.1 Å². The molecule has 1 amide bonds. The summed E-state index contributed by atoms with van der Waals surface area (Å²) in [6, 6.07) is -0.0992. The Kier molecular flexibility index (Phi) is 4.80. The summed E-state index contributed by atoms with van der Waals surface area (Å²) in [5, 5.41) is 14.9. The third kappa shape index (κ3) is 3.96. The SMILES string of the molecule is CC(C)(C)[Si](C)(C)O[C@@H]1CNCC[C@H]1NC(=O)O. The molecule has 0 aromatic rings. The molecule has 0 radical (unpaired) electrons. The van der Waals surface area contributed by atoms with Crippen LogP contribution in [0.3, 0.4) is 0 Å². The molecule has 6 heteroatoms. The lowest BCUT2D eigenvalue weighted by atomic mass is 10.0. The molecular formula is C12H26N2O3Si. The first-order valence-electron chi connectivity index (χ1n) is 6.51. The van der Waals surface area contributed by atoms with Crippen molar-refractivity contribution in [2.24, 2.45) is 0 Å². The Bertz CT molecular complexity index is 302. The number of nitrogens with one attached hydrogen (secondary N) is 2. The van der Waals surface area contributed by atoms with E-state index in [1.165, 1.54) is 0 Å². The van der Waals surface area contributed by atoms with Gasteiger partial charge in [0.2, 0.25) is 0 Å². The van der Waals surface area contributed by atoms with Crippen molar-refractivity contribution in [2.75, 3.05) is 13.1 Å². The normalized spacial score (nSPS) is 25.8. The largest absolute Gasteiger partial charge is 0.465 e. The maximum Gasteiger partial charge on any atom is 0.404 e. The van der Waals surface area contributed by atoms with Crippen molar-refractivity contribution < 1.29 is 14.3 Å². The lowest BCUT2D eigenvalue weighted by Crippen LogP contribution is -2.58. The fourth-order valence-corrected chi connectivity index (χ4v) is 3.19. The Labute approximate surface area is 110 Å². The zero-order valence-electron chi connectivity index (χ0n) is 12.0. The van der Waals surface area contributed by atoms with Crippen LogP contribution in [0.2, 0.25) is 18.1 Å². The van der Waals surface area contributed by atoms with Crippen molar-refractivity contribution in [2.45, 2.75) is 57.5 Å². The molecule has 18 heavy (non-hydrogen) atoms. The molecule has 1 aliphatic heterocycles. The van der Waals surface area contributed by atoms with Crippen LogP contribution in [0.1, 0.15) is 27.2 Å². The van der Waals surface area contributed by atoms with Crippen molar-refractivity contribution in [1.29, 1.82) is 0 Å². The molecule has 0 aliphatic carbocycles. The Morgan fingerprint density at radius 3 is 2.56 bits per heavy atom. The number of hydrogen-bond donors (Lipinski definition) is 3. The lowest BCUT2D eigenvalue weighted by Gasteiger charge is -2.43. The fourth-order valence-electron chi connectivity index (χ4n) is 1.83. The Morgan fingerprint density at radius 2 is 2.06 bits per heavy atom. The van der Waals surface area contributed by atoms with Crippen LogP contribution in [0, 0.1) is 0 Å². The summed E-state index contributed by atoms with van der Waals surface area (Å²) < 4.78 is 6.31. The molecule has 3 N–H and O–H groups in total. The second-order valence-corrected chi connectivity index (χ2v) is 11.2. The highest BCUT2D eigenvalue weighted by molar-refractivity contribution is 6.74. The maximum absolute atomic E-state index is 10.8. The first kappa shape index (κ1) is 15.5. The molecular weight excluding hydrogens is 248 g/mol. The lowest BCUT2D eigenvalue weighted by molar-refractivity contribution is 0.106. The van der Waals surface area contributed by atoms with Gasteiger partial charge in [0.1, 0.15) is 0 Å². The van der Waals surface area contributed by atoms with Gasteiger partial charge in [-0.15, -0.1) is 0 Å². The molecule has 2 atom stereocenters. The van der Waals surface area contributed by atoms with E-state index in [0.717, 1.165) is 19.5 Å². The average Bonchev–Trinajstić information content (AvgIpc) is 2.18.